The summed E-state index contributed by atoms with van der Waals surface area (Å²) in [5.74, 6) is 0.253. The predicted molar refractivity (Wildman–Crippen MR) is 79.4 cm³/mol. The zero-order valence-corrected chi connectivity index (χ0v) is 13.5. The second-order valence-electron chi connectivity index (χ2n) is 7.26. The van der Waals surface area contributed by atoms with Crippen LogP contribution in [0.25, 0.3) is 0 Å². The number of rotatable bonds is 2. The monoisotopic (exact) mass is 283 g/mol. The van der Waals surface area contributed by atoms with Crippen LogP contribution in [0.5, 0.6) is 5.75 Å². The van der Waals surface area contributed by atoms with E-state index in [4.69, 9.17) is 0 Å². The normalized spacial score (nSPS) is 13.5. The van der Waals surface area contributed by atoms with Crippen LogP contribution in [-0.2, 0) is 16.4 Å². The molecule has 0 saturated heterocycles. The van der Waals surface area contributed by atoms with Crippen LogP contribution in [0.2, 0.25) is 0 Å². The zero-order valence-electron chi connectivity index (χ0n) is 12.6. The van der Waals surface area contributed by atoms with Gasteiger partial charge in [0.05, 0.1) is 0 Å². The molecule has 0 amide bonds. The van der Waals surface area contributed by atoms with Gasteiger partial charge < -0.3 is 5.11 Å². The van der Waals surface area contributed by atoms with E-state index in [1.54, 1.807) is 12.1 Å². The Hall–Kier alpha value is -0.920. The quantitative estimate of drug-likeness (QED) is 0.815. The Morgan fingerprint density at radius 3 is 2.00 bits per heavy atom. The van der Waals surface area contributed by atoms with Crippen molar-refractivity contribution < 1.29 is 14.6 Å². The van der Waals surface area contributed by atoms with Gasteiger partial charge in [-0.25, -0.2) is 0 Å². The molecule has 0 aliphatic rings. The highest BCUT2D eigenvalue weighted by atomic mass is 31.1. The molecule has 2 N–H and O–H groups in total. The summed E-state index contributed by atoms with van der Waals surface area (Å²) >= 11 is 0. The topological polar surface area (TPSA) is 57.5 Å². The number of hydrogen-bond donors (Lipinski definition) is 2. The van der Waals surface area contributed by atoms with Crippen LogP contribution in [0.3, 0.4) is 0 Å². The van der Waals surface area contributed by atoms with Crippen molar-refractivity contribution in [3.8, 4) is 5.75 Å². The third-order valence-electron chi connectivity index (χ3n) is 2.92. The predicted octanol–water partition coefficient (Wildman–Crippen LogP) is 3.64. The summed E-state index contributed by atoms with van der Waals surface area (Å²) in [7, 11) is -2.39. The van der Waals surface area contributed by atoms with E-state index in [9.17, 15) is 14.6 Å². The number of aromatic hydroxyl groups is 1. The van der Waals surface area contributed by atoms with Crippen LogP contribution < -0.4 is 5.30 Å². The fourth-order valence-corrected chi connectivity index (χ4v) is 2.57. The lowest BCUT2D eigenvalue weighted by Crippen LogP contribution is -2.18. The van der Waals surface area contributed by atoms with Gasteiger partial charge >= 0.3 is 8.03 Å². The second kappa shape index (κ2) is 5.22. The van der Waals surface area contributed by atoms with Crippen LogP contribution >= 0.6 is 8.03 Å². The highest BCUT2D eigenvalue weighted by molar-refractivity contribution is 7.47. The largest absolute Gasteiger partial charge is 0.546 e. The molecule has 1 rings (SSSR count). The van der Waals surface area contributed by atoms with Gasteiger partial charge in [0.15, 0.2) is 0 Å². The Bertz CT molecular complexity index is 493. The minimum atomic E-state index is -2.39. The highest BCUT2D eigenvalue weighted by Crippen LogP contribution is 2.36. The summed E-state index contributed by atoms with van der Waals surface area (Å²) in [6, 6.07) is 3.29. The molecule has 0 heterocycles. The average molecular weight is 283 g/mol. The van der Waals surface area contributed by atoms with E-state index >= 15 is 0 Å². The Balaban J connectivity index is 3.46. The van der Waals surface area contributed by atoms with E-state index in [0.717, 1.165) is 11.1 Å². The maximum Gasteiger partial charge on any atom is 0.546 e. The van der Waals surface area contributed by atoms with Crippen molar-refractivity contribution in [2.45, 2.75) is 53.4 Å². The van der Waals surface area contributed by atoms with Gasteiger partial charge in [0.1, 0.15) is 5.75 Å². The third kappa shape index (κ3) is 4.29. The van der Waals surface area contributed by atoms with Crippen LogP contribution in [0.15, 0.2) is 12.1 Å². The minimum Gasteiger partial charge on any atom is -0.507 e. The second-order valence-corrected chi connectivity index (χ2v) is 8.32. The van der Waals surface area contributed by atoms with Crippen molar-refractivity contribution >= 4 is 13.3 Å². The minimum absolute atomic E-state index is 0.00630. The lowest BCUT2D eigenvalue weighted by molar-refractivity contribution is 0.388. The zero-order chi connectivity index (χ0) is 15.0. The molecular formula is C15H24O3P+. The molecule has 0 aliphatic heterocycles. The van der Waals surface area contributed by atoms with Gasteiger partial charge in [-0.2, -0.15) is 4.89 Å². The van der Waals surface area contributed by atoms with Crippen LogP contribution in [0.1, 0.15) is 52.7 Å². The highest BCUT2D eigenvalue weighted by Gasteiger charge is 2.28. The van der Waals surface area contributed by atoms with E-state index in [0.29, 0.717) is 11.7 Å². The van der Waals surface area contributed by atoms with Crippen LogP contribution in [-0.4, -0.2) is 10.00 Å². The van der Waals surface area contributed by atoms with Gasteiger partial charge in [0, 0.05) is 17.7 Å². The molecule has 0 bridgehead atoms. The molecule has 0 aromatic heterocycles. The summed E-state index contributed by atoms with van der Waals surface area (Å²) in [5, 5.41) is 10.8. The molecule has 19 heavy (non-hydrogen) atoms. The maximum absolute atomic E-state index is 11.4. The molecule has 1 unspecified atom stereocenters. The Labute approximate surface area is 116 Å². The molecule has 0 aliphatic carbocycles. The van der Waals surface area contributed by atoms with Crippen molar-refractivity contribution in [1.82, 2.24) is 0 Å². The lowest BCUT2D eigenvalue weighted by Gasteiger charge is -2.24. The summed E-state index contributed by atoms with van der Waals surface area (Å²) < 4.78 is 11.4. The Morgan fingerprint density at radius 2 is 1.63 bits per heavy atom. The fourth-order valence-electron chi connectivity index (χ4n) is 2.07. The molecule has 4 heteroatoms. The van der Waals surface area contributed by atoms with Gasteiger partial charge in [0.2, 0.25) is 5.30 Å². The number of hydrogen-bond acceptors (Lipinski definition) is 2. The SMILES string of the molecule is CC(C)(C)Cc1cc([P+](=O)O)cc(C(C)(C)C)c1O. The standard InChI is InChI=1S/C15H23O3P/c1-14(2,3)9-10-7-11(19(17)18)8-12(13(10)16)15(4,5)6/h7-8H,9H2,1-6H3,(H-,16,17,18)/p+1. The number of benzene rings is 1. The first-order chi connectivity index (χ1) is 8.42. The number of phenolic OH excluding ortho intramolecular Hbond substituents is 1. The van der Waals surface area contributed by atoms with Gasteiger partial charge in [-0.15, -0.1) is 0 Å². The average Bonchev–Trinajstić information content (AvgIpc) is 2.16. The van der Waals surface area contributed by atoms with Crippen molar-refractivity contribution in [2.24, 2.45) is 5.41 Å². The summed E-state index contributed by atoms with van der Waals surface area (Å²) in [6.45, 7) is 12.2. The van der Waals surface area contributed by atoms with Gasteiger partial charge in [-0.05, 0) is 27.4 Å². The lowest BCUT2D eigenvalue weighted by atomic mass is 9.82. The van der Waals surface area contributed by atoms with Crippen molar-refractivity contribution in [2.75, 3.05) is 0 Å². The first kappa shape index (κ1) is 16.1. The summed E-state index contributed by atoms with van der Waals surface area (Å²) in [6.07, 6.45) is 0.666. The van der Waals surface area contributed by atoms with E-state index < -0.39 is 8.03 Å². The third-order valence-corrected chi connectivity index (χ3v) is 3.62. The maximum atomic E-state index is 11.4. The molecule has 3 nitrogen and oxygen atoms in total. The van der Waals surface area contributed by atoms with E-state index in [-0.39, 0.29) is 16.6 Å². The van der Waals surface area contributed by atoms with Gasteiger partial charge in [-0.3, -0.25) is 0 Å². The molecule has 0 fully saturated rings. The van der Waals surface area contributed by atoms with Gasteiger partial charge in [-0.1, -0.05) is 41.5 Å². The Kier molecular flexibility index (Phi) is 4.44. The van der Waals surface area contributed by atoms with Crippen molar-refractivity contribution in [3.63, 3.8) is 0 Å². The molecule has 0 spiro atoms. The fraction of sp³-hybridized carbons (Fsp3) is 0.600. The smallest absolute Gasteiger partial charge is 0.507 e. The van der Waals surface area contributed by atoms with Crippen LogP contribution in [0.4, 0.5) is 0 Å². The van der Waals surface area contributed by atoms with E-state index in [1.165, 1.54) is 0 Å². The van der Waals surface area contributed by atoms with Crippen LogP contribution in [0, 0.1) is 5.41 Å². The molecule has 106 valence electrons. The molecule has 1 atom stereocenters. The molecule has 0 radical (unpaired) electrons. The summed E-state index contributed by atoms with van der Waals surface area (Å²) in [5.41, 5.74) is 1.21. The first-order valence-corrected chi connectivity index (χ1v) is 7.65. The first-order valence-electron chi connectivity index (χ1n) is 6.44. The Morgan fingerprint density at radius 1 is 1.11 bits per heavy atom. The molecule has 1 aromatic rings. The number of phenols is 1. The van der Waals surface area contributed by atoms with Crippen molar-refractivity contribution in [1.29, 1.82) is 0 Å². The molecular weight excluding hydrogens is 259 g/mol. The van der Waals surface area contributed by atoms with Gasteiger partial charge in [0.25, 0.3) is 0 Å². The molecule has 0 saturated carbocycles. The van der Waals surface area contributed by atoms with Crippen molar-refractivity contribution in [3.05, 3.63) is 23.3 Å². The van der Waals surface area contributed by atoms with E-state index in [2.05, 4.69) is 20.8 Å². The summed E-state index contributed by atoms with van der Waals surface area (Å²) in [4.78, 5) is 9.36. The van der Waals surface area contributed by atoms with E-state index in [1.807, 2.05) is 20.8 Å². The molecule has 1 aromatic carbocycles.